The number of amides is 2. The molecule has 0 radical (unpaired) electrons. The van der Waals surface area contributed by atoms with E-state index in [0.717, 1.165) is 38.0 Å². The molecule has 2 amide bonds. The van der Waals surface area contributed by atoms with Gasteiger partial charge in [0.25, 0.3) is 0 Å². The molecule has 1 aromatic carbocycles. The summed E-state index contributed by atoms with van der Waals surface area (Å²) in [7, 11) is 0. The highest BCUT2D eigenvalue weighted by Gasteiger charge is 2.15. The maximum Gasteiger partial charge on any atom is 0.319 e. The minimum absolute atomic E-state index is 0.137. The molecule has 3 rings (SSSR count). The highest BCUT2D eigenvalue weighted by molar-refractivity contribution is 5.89. The summed E-state index contributed by atoms with van der Waals surface area (Å²) in [6, 6.07) is 14.4. The molecular weight excluding hydrogens is 324 g/mol. The van der Waals surface area contributed by atoms with Crippen LogP contribution in [0.15, 0.2) is 48.7 Å². The lowest BCUT2D eigenvalue weighted by atomic mass is 9.96. The second kappa shape index (κ2) is 9.80. The summed E-state index contributed by atoms with van der Waals surface area (Å²) in [6.45, 7) is 0.872. The Morgan fingerprint density at radius 2 is 1.85 bits per heavy atom. The molecule has 0 spiro atoms. The van der Waals surface area contributed by atoms with Gasteiger partial charge in [-0.25, -0.2) is 9.78 Å². The molecule has 0 atom stereocenters. The van der Waals surface area contributed by atoms with E-state index >= 15 is 0 Å². The Labute approximate surface area is 155 Å². The quantitative estimate of drug-likeness (QED) is 0.639. The van der Waals surface area contributed by atoms with E-state index < -0.39 is 0 Å². The zero-order chi connectivity index (χ0) is 18.0. The third-order valence-corrected chi connectivity index (χ3v) is 4.75. The van der Waals surface area contributed by atoms with Crippen LogP contribution in [-0.4, -0.2) is 23.6 Å². The molecule has 1 fully saturated rings. The molecule has 138 valence electrons. The fourth-order valence-electron chi connectivity index (χ4n) is 3.33. The second-order valence-corrected chi connectivity index (χ2v) is 6.88. The number of benzene rings is 1. The summed E-state index contributed by atoms with van der Waals surface area (Å²) in [4.78, 5) is 16.4. The number of aromatic nitrogens is 1. The third-order valence-electron chi connectivity index (χ3n) is 4.75. The maximum atomic E-state index is 12.0. The lowest BCUT2D eigenvalue weighted by Gasteiger charge is -2.22. The number of pyridine rings is 1. The molecule has 3 N–H and O–H groups in total. The first-order valence-corrected chi connectivity index (χ1v) is 9.61. The molecule has 2 aromatic rings. The van der Waals surface area contributed by atoms with E-state index in [1.165, 1.54) is 24.8 Å². The lowest BCUT2D eigenvalue weighted by Crippen LogP contribution is -2.39. The Hall–Kier alpha value is -2.56. The number of aryl methyl sites for hydroxylation is 1. The van der Waals surface area contributed by atoms with Gasteiger partial charge in [-0.3, -0.25) is 0 Å². The SMILES string of the molecule is O=C(Nc1ccc(NCCCc2ccccc2)nc1)NC1CCCCC1. The molecule has 1 saturated carbocycles. The Morgan fingerprint density at radius 1 is 1.04 bits per heavy atom. The Balaban J connectivity index is 1.36. The number of urea groups is 1. The number of nitrogens with one attached hydrogen (secondary N) is 3. The van der Waals surface area contributed by atoms with Crippen LogP contribution in [-0.2, 0) is 6.42 Å². The van der Waals surface area contributed by atoms with Crippen molar-refractivity contribution in [1.82, 2.24) is 10.3 Å². The van der Waals surface area contributed by atoms with Gasteiger partial charge < -0.3 is 16.0 Å². The smallest absolute Gasteiger partial charge is 0.319 e. The van der Waals surface area contributed by atoms with Crippen LogP contribution in [0, 0.1) is 0 Å². The number of hydrogen-bond donors (Lipinski definition) is 3. The zero-order valence-corrected chi connectivity index (χ0v) is 15.2. The van der Waals surface area contributed by atoms with Gasteiger partial charge in [-0.2, -0.15) is 0 Å². The zero-order valence-electron chi connectivity index (χ0n) is 15.2. The molecule has 0 saturated heterocycles. The molecule has 1 aromatic heterocycles. The summed E-state index contributed by atoms with van der Waals surface area (Å²) in [5.74, 6) is 0.830. The fraction of sp³-hybridized carbons (Fsp3) is 0.429. The number of carbonyl (C=O) groups is 1. The van der Waals surface area contributed by atoms with Crippen molar-refractivity contribution in [1.29, 1.82) is 0 Å². The number of carbonyl (C=O) groups excluding carboxylic acids is 1. The first-order chi connectivity index (χ1) is 12.8. The van der Waals surface area contributed by atoms with E-state index in [-0.39, 0.29) is 6.03 Å². The highest BCUT2D eigenvalue weighted by atomic mass is 16.2. The summed E-state index contributed by atoms with van der Waals surface area (Å²) >= 11 is 0. The Morgan fingerprint density at radius 3 is 2.58 bits per heavy atom. The van der Waals surface area contributed by atoms with Gasteiger partial charge in [0, 0.05) is 12.6 Å². The van der Waals surface area contributed by atoms with Crippen molar-refractivity contribution in [3.05, 3.63) is 54.2 Å². The minimum atomic E-state index is -0.137. The standard InChI is InChI=1S/C21H28N4O/c26-21(24-18-11-5-2-6-12-18)25-19-13-14-20(23-16-19)22-15-7-10-17-8-3-1-4-9-17/h1,3-4,8-9,13-14,16,18H,2,5-7,10-12,15H2,(H,22,23)(H2,24,25,26). The molecule has 26 heavy (non-hydrogen) atoms. The Bertz CT molecular complexity index is 666. The summed E-state index contributed by atoms with van der Waals surface area (Å²) in [5, 5.41) is 9.23. The molecule has 1 aliphatic rings. The number of nitrogens with zero attached hydrogens (tertiary/aromatic N) is 1. The highest BCUT2D eigenvalue weighted by Crippen LogP contribution is 2.17. The van der Waals surface area contributed by atoms with Gasteiger partial charge >= 0.3 is 6.03 Å². The van der Waals surface area contributed by atoms with E-state index in [1.54, 1.807) is 6.20 Å². The van der Waals surface area contributed by atoms with Gasteiger partial charge in [0.2, 0.25) is 0 Å². The predicted octanol–water partition coefficient (Wildman–Crippen LogP) is 4.58. The van der Waals surface area contributed by atoms with Crippen molar-refractivity contribution in [3.63, 3.8) is 0 Å². The number of anilines is 2. The van der Waals surface area contributed by atoms with Gasteiger partial charge in [0.05, 0.1) is 11.9 Å². The van der Waals surface area contributed by atoms with Crippen molar-refractivity contribution in [2.45, 2.75) is 51.0 Å². The molecule has 5 nitrogen and oxygen atoms in total. The van der Waals surface area contributed by atoms with E-state index in [9.17, 15) is 4.79 Å². The fourth-order valence-corrected chi connectivity index (χ4v) is 3.33. The predicted molar refractivity (Wildman–Crippen MR) is 107 cm³/mol. The molecule has 1 aliphatic carbocycles. The first kappa shape index (κ1) is 18.2. The van der Waals surface area contributed by atoms with Gasteiger partial charge in [-0.05, 0) is 43.4 Å². The van der Waals surface area contributed by atoms with Crippen LogP contribution in [0.1, 0.15) is 44.1 Å². The average Bonchev–Trinajstić information content (AvgIpc) is 2.68. The molecular formula is C21H28N4O. The minimum Gasteiger partial charge on any atom is -0.370 e. The summed E-state index contributed by atoms with van der Waals surface area (Å²) in [5.41, 5.74) is 2.07. The van der Waals surface area contributed by atoms with E-state index in [1.807, 2.05) is 18.2 Å². The van der Waals surface area contributed by atoms with Crippen molar-refractivity contribution >= 4 is 17.5 Å². The van der Waals surface area contributed by atoms with Crippen LogP contribution < -0.4 is 16.0 Å². The van der Waals surface area contributed by atoms with E-state index in [4.69, 9.17) is 0 Å². The van der Waals surface area contributed by atoms with Crippen LogP contribution in [0.4, 0.5) is 16.3 Å². The van der Waals surface area contributed by atoms with E-state index in [0.29, 0.717) is 11.7 Å². The summed E-state index contributed by atoms with van der Waals surface area (Å²) < 4.78 is 0. The Kier molecular flexibility index (Phi) is 6.88. The van der Waals surface area contributed by atoms with Gasteiger partial charge in [0.15, 0.2) is 0 Å². The number of hydrogen-bond acceptors (Lipinski definition) is 3. The van der Waals surface area contributed by atoms with Gasteiger partial charge in [0.1, 0.15) is 5.82 Å². The monoisotopic (exact) mass is 352 g/mol. The van der Waals surface area contributed by atoms with Crippen LogP contribution in [0.2, 0.25) is 0 Å². The van der Waals surface area contributed by atoms with E-state index in [2.05, 4.69) is 45.2 Å². The molecule has 0 aliphatic heterocycles. The van der Waals surface area contributed by atoms with Crippen LogP contribution in [0.3, 0.4) is 0 Å². The van der Waals surface area contributed by atoms with Crippen molar-refractivity contribution in [2.75, 3.05) is 17.2 Å². The van der Waals surface area contributed by atoms with Crippen molar-refractivity contribution in [2.24, 2.45) is 0 Å². The van der Waals surface area contributed by atoms with Crippen molar-refractivity contribution < 1.29 is 4.79 Å². The molecule has 1 heterocycles. The summed E-state index contributed by atoms with van der Waals surface area (Å²) in [6.07, 6.45) is 9.65. The van der Waals surface area contributed by atoms with Gasteiger partial charge in [-0.1, -0.05) is 49.6 Å². The average molecular weight is 352 g/mol. The van der Waals surface area contributed by atoms with Crippen LogP contribution >= 0.6 is 0 Å². The van der Waals surface area contributed by atoms with Crippen LogP contribution in [0.25, 0.3) is 0 Å². The first-order valence-electron chi connectivity index (χ1n) is 9.61. The maximum absolute atomic E-state index is 12.0. The largest absolute Gasteiger partial charge is 0.370 e. The molecule has 0 unspecified atom stereocenters. The normalized spacial score (nSPS) is 14.6. The van der Waals surface area contributed by atoms with Crippen molar-refractivity contribution in [3.8, 4) is 0 Å². The second-order valence-electron chi connectivity index (χ2n) is 6.88. The lowest BCUT2D eigenvalue weighted by molar-refractivity contribution is 0.244. The van der Waals surface area contributed by atoms with Crippen LogP contribution in [0.5, 0.6) is 0 Å². The third kappa shape index (κ3) is 6.06. The molecule has 0 bridgehead atoms. The molecule has 5 heteroatoms. The van der Waals surface area contributed by atoms with Gasteiger partial charge in [-0.15, -0.1) is 0 Å². The topological polar surface area (TPSA) is 66.0 Å². The number of rotatable bonds is 7.